The van der Waals surface area contributed by atoms with Gasteiger partial charge in [-0.25, -0.2) is 0 Å². The van der Waals surface area contributed by atoms with Crippen LogP contribution in [0.25, 0.3) is 0 Å². The number of rotatable bonds is 10. The average molecular weight is 503 g/mol. The van der Waals surface area contributed by atoms with E-state index in [9.17, 15) is 24.6 Å². The van der Waals surface area contributed by atoms with E-state index < -0.39 is 34.6 Å². The van der Waals surface area contributed by atoms with Crippen LogP contribution in [0.2, 0.25) is 0 Å². The number of benzene rings is 1. The molecule has 2 unspecified atom stereocenters. The molecule has 1 spiro atoms. The van der Waals surface area contributed by atoms with Crippen LogP contribution >= 0.6 is 11.8 Å². The molecule has 8 nitrogen and oxygen atoms in total. The first-order chi connectivity index (χ1) is 16.7. The van der Waals surface area contributed by atoms with Crippen molar-refractivity contribution < 1.29 is 29.3 Å². The number of methoxy groups -OCH3 is 1. The van der Waals surface area contributed by atoms with Crippen molar-refractivity contribution in [1.29, 1.82) is 0 Å². The second-order valence-corrected chi connectivity index (χ2v) is 11.3. The van der Waals surface area contributed by atoms with E-state index in [4.69, 9.17) is 4.74 Å². The van der Waals surface area contributed by atoms with Gasteiger partial charge in [0, 0.05) is 17.5 Å². The Hall–Kier alpha value is -2.52. The fraction of sp³-hybridized carbons (Fsp3) is 0.577. The Balaban J connectivity index is 1.83. The number of fused-ring (bicyclic) bond motifs is 1. The van der Waals surface area contributed by atoms with Crippen molar-refractivity contribution in [2.45, 2.75) is 55.2 Å². The van der Waals surface area contributed by atoms with E-state index in [1.165, 1.54) is 11.8 Å². The third kappa shape index (κ3) is 3.93. The Bertz CT molecular complexity index is 1000. The number of aliphatic hydroxyl groups is 1. The Morgan fingerprint density at radius 1 is 1.37 bits per heavy atom. The van der Waals surface area contributed by atoms with E-state index in [0.29, 0.717) is 30.7 Å². The normalized spacial score (nSPS) is 30.6. The monoisotopic (exact) mass is 502 g/mol. The number of hydrogen-bond acceptors (Lipinski definition) is 6. The Kier molecular flexibility index (Phi) is 7.20. The van der Waals surface area contributed by atoms with Gasteiger partial charge >= 0.3 is 5.97 Å². The number of carboxylic acid groups (broad SMARTS) is 1. The van der Waals surface area contributed by atoms with Crippen molar-refractivity contribution in [2.24, 2.45) is 17.8 Å². The maximum absolute atomic E-state index is 14.4. The summed E-state index contributed by atoms with van der Waals surface area (Å²) in [6.07, 6.45) is 3.59. The molecule has 3 fully saturated rings. The first kappa shape index (κ1) is 25.6. The highest BCUT2D eigenvalue weighted by Gasteiger charge is 2.74. The quantitative estimate of drug-likeness (QED) is 0.474. The molecule has 1 aromatic carbocycles. The number of aliphatic hydroxyl groups excluding tert-OH is 1. The van der Waals surface area contributed by atoms with Gasteiger partial charge in [0.1, 0.15) is 11.8 Å². The van der Waals surface area contributed by atoms with Crippen LogP contribution in [0.3, 0.4) is 0 Å². The largest absolute Gasteiger partial charge is 0.497 e. The number of nitrogens with zero attached hydrogens (tertiary/aromatic N) is 2. The van der Waals surface area contributed by atoms with Crippen LogP contribution in [0, 0.1) is 17.8 Å². The number of likely N-dealkylation sites (tertiary alicyclic amines) is 1. The molecule has 0 aromatic heterocycles. The smallest absolute Gasteiger partial charge is 0.308 e. The summed E-state index contributed by atoms with van der Waals surface area (Å²) in [5, 5.41) is 20.2. The summed E-state index contributed by atoms with van der Waals surface area (Å²) in [5.41, 5.74) is 0.638. The number of ether oxygens (including phenoxy) is 1. The molecule has 0 saturated carbocycles. The van der Waals surface area contributed by atoms with E-state index in [2.05, 4.69) is 6.58 Å². The van der Waals surface area contributed by atoms with Crippen LogP contribution in [0.5, 0.6) is 5.75 Å². The molecule has 2 N–H and O–H groups in total. The van der Waals surface area contributed by atoms with Crippen molar-refractivity contribution in [1.82, 2.24) is 4.90 Å². The van der Waals surface area contributed by atoms with Gasteiger partial charge < -0.3 is 24.7 Å². The van der Waals surface area contributed by atoms with Gasteiger partial charge in [-0.3, -0.25) is 14.4 Å². The molecular formula is C26H34N2O6S. The number of anilines is 1. The average Bonchev–Trinajstić information content (AvgIpc) is 3.50. The first-order valence-corrected chi connectivity index (χ1v) is 13.0. The molecule has 3 saturated heterocycles. The fourth-order valence-corrected chi connectivity index (χ4v) is 8.38. The molecule has 1 aromatic rings. The second-order valence-electron chi connectivity index (χ2n) is 9.71. The topological polar surface area (TPSA) is 107 Å². The van der Waals surface area contributed by atoms with Crippen LogP contribution < -0.4 is 9.64 Å². The van der Waals surface area contributed by atoms with Gasteiger partial charge in [-0.15, -0.1) is 18.3 Å². The Morgan fingerprint density at radius 3 is 2.60 bits per heavy atom. The maximum Gasteiger partial charge on any atom is 0.308 e. The highest BCUT2D eigenvalue weighted by atomic mass is 32.2. The highest BCUT2D eigenvalue weighted by molar-refractivity contribution is 8.02. The Morgan fingerprint density at radius 2 is 2.06 bits per heavy atom. The lowest BCUT2D eigenvalue weighted by molar-refractivity contribution is -0.149. The van der Waals surface area contributed by atoms with E-state index in [0.717, 1.165) is 0 Å². The molecule has 190 valence electrons. The SMILES string of the molecule is C=CCN(C(=O)C1N([C@@H](CO)[C@@H](C)CC)C(=O)[C@@H]2[C@H](C(=O)O)[C@@H]3CCC12S3)c1ccc(OC)cc1. The molecule has 4 rings (SSSR count). The molecule has 0 aliphatic carbocycles. The molecule has 7 atom stereocenters. The zero-order valence-electron chi connectivity index (χ0n) is 20.4. The zero-order chi connectivity index (χ0) is 25.5. The lowest BCUT2D eigenvalue weighted by atomic mass is 9.71. The van der Waals surface area contributed by atoms with E-state index in [-0.39, 0.29) is 36.1 Å². The fourth-order valence-electron chi connectivity index (χ4n) is 6.19. The van der Waals surface area contributed by atoms with Crippen molar-refractivity contribution in [3.05, 3.63) is 36.9 Å². The summed E-state index contributed by atoms with van der Waals surface area (Å²) < 4.78 is 4.43. The predicted octanol–water partition coefficient (Wildman–Crippen LogP) is 2.80. The van der Waals surface area contributed by atoms with E-state index in [1.807, 2.05) is 13.8 Å². The van der Waals surface area contributed by atoms with Crippen molar-refractivity contribution in [3.63, 3.8) is 0 Å². The van der Waals surface area contributed by atoms with Crippen molar-refractivity contribution >= 4 is 35.2 Å². The highest BCUT2D eigenvalue weighted by Crippen LogP contribution is 2.67. The molecule has 35 heavy (non-hydrogen) atoms. The summed E-state index contributed by atoms with van der Waals surface area (Å²) >= 11 is 1.50. The van der Waals surface area contributed by atoms with E-state index in [1.54, 1.807) is 47.3 Å². The van der Waals surface area contributed by atoms with Crippen LogP contribution in [0.15, 0.2) is 36.9 Å². The number of aliphatic carboxylic acids is 1. The van der Waals surface area contributed by atoms with Crippen molar-refractivity contribution in [2.75, 3.05) is 25.2 Å². The molecule has 2 bridgehead atoms. The van der Waals surface area contributed by atoms with Crippen LogP contribution in [-0.4, -0.2) is 75.2 Å². The summed E-state index contributed by atoms with van der Waals surface area (Å²) in [6.45, 7) is 7.69. The van der Waals surface area contributed by atoms with Crippen molar-refractivity contribution in [3.8, 4) is 5.75 Å². The molecule has 2 amide bonds. The lowest BCUT2D eigenvalue weighted by Crippen LogP contribution is -2.58. The maximum atomic E-state index is 14.4. The van der Waals surface area contributed by atoms with Gasteiger partial charge in [0.25, 0.3) is 5.91 Å². The predicted molar refractivity (Wildman–Crippen MR) is 134 cm³/mol. The minimum absolute atomic E-state index is 0.0613. The molecule has 9 heteroatoms. The number of thioether (sulfide) groups is 1. The molecule has 3 aliphatic heterocycles. The lowest BCUT2D eigenvalue weighted by Gasteiger charge is -2.41. The third-order valence-electron chi connectivity index (χ3n) is 8.06. The molecule has 3 aliphatic rings. The van der Waals surface area contributed by atoms with Gasteiger partial charge in [0.15, 0.2) is 0 Å². The Labute approximate surface area is 210 Å². The number of hydrogen-bond donors (Lipinski definition) is 2. The van der Waals surface area contributed by atoms with Gasteiger partial charge in [-0.2, -0.15) is 0 Å². The number of carbonyl (C=O) groups excluding carboxylic acids is 2. The van der Waals surface area contributed by atoms with Gasteiger partial charge in [-0.05, 0) is 43.0 Å². The standard InChI is InChI=1S/C26H34N2O6S/c1-5-13-27(16-7-9-17(34-4)10-8-16)24(31)22-26-12-11-19(35-26)20(25(32)33)21(26)23(30)28(22)18(14-29)15(3)6-2/h5,7-10,15,18-22,29H,1,6,11-14H2,2-4H3,(H,32,33)/t15-,18-,19-,20+,21-,22?,26?/m0/s1. The van der Waals surface area contributed by atoms with E-state index >= 15 is 0 Å². The van der Waals surface area contributed by atoms with Crippen LogP contribution in [0.1, 0.15) is 33.1 Å². The summed E-state index contributed by atoms with van der Waals surface area (Å²) in [5.74, 6) is -2.59. The van der Waals surface area contributed by atoms with Gasteiger partial charge in [0.05, 0.1) is 36.3 Å². The van der Waals surface area contributed by atoms with Gasteiger partial charge in [-0.1, -0.05) is 26.3 Å². The minimum Gasteiger partial charge on any atom is -0.497 e. The molecule has 3 heterocycles. The molecular weight excluding hydrogens is 468 g/mol. The number of carboxylic acids is 1. The minimum atomic E-state index is -0.988. The van der Waals surface area contributed by atoms with Gasteiger partial charge in [0.2, 0.25) is 5.91 Å². The first-order valence-electron chi connectivity index (χ1n) is 12.2. The third-order valence-corrected chi connectivity index (χ3v) is 10.0. The zero-order valence-corrected chi connectivity index (χ0v) is 21.2. The second kappa shape index (κ2) is 9.85. The molecule has 0 radical (unpaired) electrons. The number of carbonyl (C=O) groups is 3. The van der Waals surface area contributed by atoms with Crippen LogP contribution in [0.4, 0.5) is 5.69 Å². The number of amides is 2. The summed E-state index contributed by atoms with van der Waals surface area (Å²) in [7, 11) is 1.57. The summed E-state index contributed by atoms with van der Waals surface area (Å²) in [6, 6.07) is 5.67. The summed E-state index contributed by atoms with van der Waals surface area (Å²) in [4.78, 5) is 43.7. The van der Waals surface area contributed by atoms with Crippen LogP contribution in [-0.2, 0) is 14.4 Å².